The van der Waals surface area contributed by atoms with E-state index in [9.17, 15) is 14.4 Å². The molecule has 0 saturated carbocycles. The van der Waals surface area contributed by atoms with Crippen LogP contribution in [0, 0.1) is 0 Å². The summed E-state index contributed by atoms with van der Waals surface area (Å²) in [5.41, 5.74) is 1.27. The van der Waals surface area contributed by atoms with Crippen LogP contribution in [0.2, 0.25) is 0 Å². The van der Waals surface area contributed by atoms with Crippen molar-refractivity contribution >= 4 is 46.3 Å². The summed E-state index contributed by atoms with van der Waals surface area (Å²) < 4.78 is 32.7. The molecule has 0 aliphatic carbocycles. The second-order valence-corrected chi connectivity index (χ2v) is 14.8. The second kappa shape index (κ2) is 17.5. The number of imidazole rings is 1. The number of ether oxygens (including phenoxy) is 5. The highest BCUT2D eigenvalue weighted by atomic mass is 32.2. The third-order valence-electron chi connectivity index (χ3n) is 9.58. The van der Waals surface area contributed by atoms with Gasteiger partial charge in [-0.15, -0.1) is 0 Å². The Hall–Kier alpha value is -6.29. The zero-order valence-corrected chi connectivity index (χ0v) is 33.3. The Balaban J connectivity index is 1.36. The number of rotatable bonds is 14. The number of esters is 1. The average molecular weight is 803 g/mol. The molecular weight excluding hydrogens is 761 g/mol. The number of thioether (sulfide) groups is 1. The Bertz CT molecular complexity index is 2390. The first-order chi connectivity index (χ1) is 28.1. The summed E-state index contributed by atoms with van der Waals surface area (Å²) in [7, 11) is 6.78. The SMILES string of the molecule is COc1ccc(C(OC[C@H]2O[C@@H](n3cnc4c(=O)[nH]c(/N=C/N(C)C)nc43)[C@H](OC(C)=O)[C@@H]2SC(=O)c2ccccc2)(c2ccccc2)c2ccc(OC)cc2)cc1. The van der Waals surface area contributed by atoms with E-state index in [-0.39, 0.29) is 28.8 Å². The number of aromatic amines is 1. The average Bonchev–Trinajstić information content (AvgIpc) is 3.82. The maximum atomic E-state index is 14.0. The Morgan fingerprint density at radius 3 is 2.05 bits per heavy atom. The van der Waals surface area contributed by atoms with E-state index in [1.807, 2.05) is 84.9 Å². The Morgan fingerprint density at radius 1 is 0.897 bits per heavy atom. The van der Waals surface area contributed by atoms with Crippen molar-refractivity contribution < 1.29 is 33.3 Å². The third kappa shape index (κ3) is 8.23. The third-order valence-corrected chi connectivity index (χ3v) is 10.9. The standard InChI is InChI=1S/C43H42N6O8S/c1-27(50)56-36-37(58-41(52)28-12-8-6-9-13-28)34(57-40(36)49-26-44-35-38(49)46-42(47-39(35)51)45-25-48(2)3)24-55-43(29-14-10-7-11-15-29,30-16-20-32(53-4)21-17-30)31-18-22-33(54-5)23-19-31/h6-23,25-26,34,36-37,40H,24H2,1-5H3,(H,46,47,51)/b45-25+/t34-,36-,37-,40-/m1/s1. The number of nitrogens with one attached hydrogen (secondary N) is 1. The predicted molar refractivity (Wildman–Crippen MR) is 220 cm³/mol. The van der Waals surface area contributed by atoms with Gasteiger partial charge < -0.3 is 28.6 Å². The lowest BCUT2D eigenvalue weighted by atomic mass is 9.80. The van der Waals surface area contributed by atoms with Gasteiger partial charge in [0, 0.05) is 26.6 Å². The summed E-state index contributed by atoms with van der Waals surface area (Å²) in [4.78, 5) is 57.6. The largest absolute Gasteiger partial charge is 0.497 e. The topological polar surface area (TPSA) is 159 Å². The molecule has 1 N–H and O–H groups in total. The number of nitrogens with zero attached hydrogens (tertiary/aromatic N) is 5. The van der Waals surface area contributed by atoms with Gasteiger partial charge in [-0.05, 0) is 41.0 Å². The number of hydrogen-bond acceptors (Lipinski definition) is 12. The minimum atomic E-state index is -1.23. The fraction of sp³-hybridized carbons (Fsp3) is 0.256. The first-order valence-electron chi connectivity index (χ1n) is 18.4. The summed E-state index contributed by atoms with van der Waals surface area (Å²) >= 11 is 0.985. The van der Waals surface area contributed by atoms with Crippen LogP contribution in [-0.2, 0) is 24.6 Å². The van der Waals surface area contributed by atoms with E-state index in [4.69, 9.17) is 23.7 Å². The van der Waals surface area contributed by atoms with Gasteiger partial charge in [0.2, 0.25) is 11.1 Å². The highest BCUT2D eigenvalue weighted by Crippen LogP contribution is 2.45. The number of benzene rings is 4. The molecule has 0 bridgehead atoms. The van der Waals surface area contributed by atoms with Gasteiger partial charge in [0.05, 0.1) is 44.8 Å². The number of aliphatic imine (C=N–C) groups is 1. The van der Waals surface area contributed by atoms with Gasteiger partial charge in [-0.3, -0.25) is 23.9 Å². The fourth-order valence-electron chi connectivity index (χ4n) is 6.90. The molecule has 7 rings (SSSR count). The first kappa shape index (κ1) is 39.9. The van der Waals surface area contributed by atoms with Gasteiger partial charge in [-0.2, -0.15) is 4.98 Å². The molecule has 2 aromatic heterocycles. The lowest BCUT2D eigenvalue weighted by molar-refractivity contribution is -0.152. The molecular formula is C43H42N6O8S. The van der Waals surface area contributed by atoms with Crippen LogP contribution >= 0.6 is 11.8 Å². The molecule has 4 aromatic carbocycles. The Kier molecular flexibility index (Phi) is 12.0. The summed E-state index contributed by atoms with van der Waals surface area (Å²) in [6.45, 7) is 1.19. The molecule has 0 unspecified atom stereocenters. The highest BCUT2D eigenvalue weighted by molar-refractivity contribution is 8.14. The number of fused-ring (bicyclic) bond motifs is 1. The molecule has 15 heteroatoms. The van der Waals surface area contributed by atoms with E-state index in [1.165, 1.54) is 24.2 Å². The molecule has 1 saturated heterocycles. The maximum Gasteiger partial charge on any atom is 0.303 e. The van der Waals surface area contributed by atoms with Crippen LogP contribution in [0.4, 0.5) is 5.95 Å². The molecule has 298 valence electrons. The summed E-state index contributed by atoms with van der Waals surface area (Å²) in [6.07, 6.45) is -0.128. The molecule has 1 fully saturated rings. The zero-order valence-electron chi connectivity index (χ0n) is 32.5. The van der Waals surface area contributed by atoms with Crippen LogP contribution in [-0.4, -0.2) is 94.2 Å². The highest BCUT2D eigenvalue weighted by Gasteiger charge is 2.51. The number of aromatic nitrogens is 4. The molecule has 58 heavy (non-hydrogen) atoms. The first-order valence-corrected chi connectivity index (χ1v) is 19.2. The quantitative estimate of drug-likeness (QED) is 0.0582. The van der Waals surface area contributed by atoms with Crippen molar-refractivity contribution in [3.05, 3.63) is 148 Å². The monoisotopic (exact) mass is 802 g/mol. The molecule has 14 nitrogen and oxygen atoms in total. The number of carbonyl (C=O) groups is 2. The summed E-state index contributed by atoms with van der Waals surface area (Å²) in [5.74, 6) is 0.766. The van der Waals surface area contributed by atoms with Crippen molar-refractivity contribution in [3.63, 3.8) is 0 Å². The maximum absolute atomic E-state index is 14.0. The molecule has 3 heterocycles. The Morgan fingerprint density at radius 2 is 1.48 bits per heavy atom. The van der Waals surface area contributed by atoms with Crippen molar-refractivity contribution in [2.75, 3.05) is 34.9 Å². The second-order valence-electron chi connectivity index (χ2n) is 13.6. The molecule has 1 aliphatic rings. The summed E-state index contributed by atoms with van der Waals surface area (Å²) in [5, 5.41) is -1.07. The van der Waals surface area contributed by atoms with Gasteiger partial charge in [0.25, 0.3) is 5.56 Å². The van der Waals surface area contributed by atoms with E-state index < -0.39 is 40.8 Å². The van der Waals surface area contributed by atoms with Crippen LogP contribution in [0.1, 0.15) is 40.2 Å². The smallest absolute Gasteiger partial charge is 0.303 e. The van der Waals surface area contributed by atoms with E-state index in [0.29, 0.717) is 17.1 Å². The van der Waals surface area contributed by atoms with Crippen LogP contribution in [0.5, 0.6) is 11.5 Å². The van der Waals surface area contributed by atoms with Crippen molar-refractivity contribution in [1.82, 2.24) is 24.4 Å². The molecule has 4 atom stereocenters. The molecule has 1 aliphatic heterocycles. The van der Waals surface area contributed by atoms with Gasteiger partial charge in [0.1, 0.15) is 17.1 Å². The normalized spacial score (nSPS) is 18.0. The van der Waals surface area contributed by atoms with Crippen LogP contribution in [0.25, 0.3) is 11.2 Å². The van der Waals surface area contributed by atoms with Crippen molar-refractivity contribution in [1.29, 1.82) is 0 Å². The minimum Gasteiger partial charge on any atom is -0.497 e. The van der Waals surface area contributed by atoms with E-state index in [2.05, 4.69) is 19.9 Å². The van der Waals surface area contributed by atoms with Gasteiger partial charge in [0.15, 0.2) is 23.5 Å². The Labute approximate surface area is 338 Å². The number of H-pyrrole nitrogens is 1. The fourth-order valence-corrected chi connectivity index (χ4v) is 8.04. The summed E-state index contributed by atoms with van der Waals surface area (Å²) in [6, 6.07) is 33.8. The minimum absolute atomic E-state index is 0.0281. The van der Waals surface area contributed by atoms with Crippen LogP contribution in [0.3, 0.4) is 0 Å². The lowest BCUT2D eigenvalue weighted by Crippen LogP contribution is -2.40. The van der Waals surface area contributed by atoms with E-state index in [1.54, 1.807) is 57.5 Å². The van der Waals surface area contributed by atoms with Gasteiger partial charge in [-0.1, -0.05) is 96.7 Å². The predicted octanol–water partition coefficient (Wildman–Crippen LogP) is 6.14. The van der Waals surface area contributed by atoms with Crippen molar-refractivity contribution in [3.8, 4) is 11.5 Å². The number of carbonyl (C=O) groups excluding carboxylic acids is 2. The van der Waals surface area contributed by atoms with Crippen LogP contribution in [0.15, 0.2) is 125 Å². The van der Waals surface area contributed by atoms with E-state index >= 15 is 0 Å². The van der Waals surface area contributed by atoms with Gasteiger partial charge >= 0.3 is 5.97 Å². The van der Waals surface area contributed by atoms with Gasteiger partial charge in [-0.25, -0.2) is 9.98 Å². The van der Waals surface area contributed by atoms with E-state index in [0.717, 1.165) is 28.5 Å². The molecule has 0 radical (unpaired) electrons. The molecule has 0 amide bonds. The lowest BCUT2D eigenvalue weighted by Gasteiger charge is -2.37. The van der Waals surface area contributed by atoms with Crippen LogP contribution < -0.4 is 15.0 Å². The van der Waals surface area contributed by atoms with Crippen molar-refractivity contribution in [2.45, 2.75) is 36.2 Å². The number of methoxy groups -OCH3 is 2. The zero-order chi connectivity index (χ0) is 40.8. The molecule has 0 spiro atoms. The molecule has 6 aromatic rings. The van der Waals surface area contributed by atoms with Crippen molar-refractivity contribution in [2.24, 2.45) is 4.99 Å². The number of hydrogen-bond donors (Lipinski definition) is 1.